The Labute approximate surface area is 149 Å². The summed E-state index contributed by atoms with van der Waals surface area (Å²) in [6.45, 7) is 4.44. The van der Waals surface area contributed by atoms with E-state index >= 15 is 0 Å². The predicted octanol–water partition coefficient (Wildman–Crippen LogP) is 2.39. The second-order valence-corrected chi connectivity index (χ2v) is 6.46. The molecular formula is C14H10F5O7S-. The lowest BCUT2D eigenvalue weighted by molar-refractivity contribution is -0.248. The van der Waals surface area contributed by atoms with Crippen LogP contribution in [0.15, 0.2) is 36.4 Å². The zero-order valence-electron chi connectivity index (χ0n) is 13.2. The Morgan fingerprint density at radius 2 is 1.67 bits per heavy atom. The number of hydrogen-bond acceptors (Lipinski definition) is 7. The monoisotopic (exact) mass is 417 g/mol. The first kappa shape index (κ1) is 22.5. The summed E-state index contributed by atoms with van der Waals surface area (Å²) in [5, 5.41) is -6.00. The Bertz CT molecular complexity index is 861. The molecule has 150 valence electrons. The van der Waals surface area contributed by atoms with Crippen molar-refractivity contribution in [3.8, 4) is 5.75 Å². The van der Waals surface area contributed by atoms with Gasteiger partial charge in [-0.15, -0.1) is 0 Å². The lowest BCUT2D eigenvalue weighted by atomic mass is 10.2. The molecule has 1 aromatic rings. The van der Waals surface area contributed by atoms with Gasteiger partial charge in [0.05, 0.1) is 0 Å². The predicted molar refractivity (Wildman–Crippen MR) is 76.8 cm³/mol. The number of ether oxygens (including phenoxy) is 2. The number of esters is 2. The van der Waals surface area contributed by atoms with Crippen LogP contribution in [0, 0.1) is 0 Å². The van der Waals surface area contributed by atoms with E-state index in [-0.39, 0.29) is 5.57 Å². The van der Waals surface area contributed by atoms with Crippen LogP contribution in [0.3, 0.4) is 0 Å². The van der Waals surface area contributed by atoms with E-state index in [1.165, 1.54) is 13.0 Å². The quantitative estimate of drug-likeness (QED) is 0.230. The summed E-state index contributed by atoms with van der Waals surface area (Å²) < 4.78 is 105. The Morgan fingerprint density at radius 3 is 2.11 bits per heavy atom. The van der Waals surface area contributed by atoms with E-state index < -0.39 is 50.9 Å². The molecule has 1 aromatic carbocycles. The molecule has 0 aromatic heterocycles. The van der Waals surface area contributed by atoms with Crippen molar-refractivity contribution in [3.05, 3.63) is 42.0 Å². The summed E-state index contributed by atoms with van der Waals surface area (Å²) in [5.41, 5.74) is -1.06. The van der Waals surface area contributed by atoms with Gasteiger partial charge in [-0.2, -0.15) is 22.0 Å². The molecule has 1 unspecified atom stereocenters. The Morgan fingerprint density at radius 1 is 1.15 bits per heavy atom. The molecule has 0 radical (unpaired) electrons. The van der Waals surface area contributed by atoms with Crippen LogP contribution in [0.2, 0.25) is 0 Å². The maximum absolute atomic E-state index is 13.4. The fraction of sp³-hybridized carbons (Fsp3) is 0.286. The fourth-order valence-electron chi connectivity index (χ4n) is 1.54. The zero-order chi connectivity index (χ0) is 21.2. The number of hydrogen-bond donors (Lipinski definition) is 0. The SMILES string of the molecule is C=C(C)C(=O)Oc1ccccc1C(=O)OC(C(F)(F)F)C(F)(F)S(=O)(=O)[O-]. The van der Waals surface area contributed by atoms with Crippen LogP contribution in [0.4, 0.5) is 22.0 Å². The molecule has 0 saturated heterocycles. The molecule has 1 atom stereocenters. The van der Waals surface area contributed by atoms with Gasteiger partial charge in [-0.25, -0.2) is 18.0 Å². The van der Waals surface area contributed by atoms with Crippen LogP contribution in [-0.4, -0.2) is 42.4 Å². The normalized spacial score (nSPS) is 13.6. The summed E-state index contributed by atoms with van der Waals surface area (Å²) in [4.78, 5) is 23.3. The van der Waals surface area contributed by atoms with Crippen molar-refractivity contribution in [1.29, 1.82) is 0 Å². The smallest absolute Gasteiger partial charge is 0.432 e. The van der Waals surface area contributed by atoms with Crippen molar-refractivity contribution >= 4 is 22.1 Å². The fourth-order valence-corrected chi connectivity index (χ4v) is 1.98. The van der Waals surface area contributed by atoms with E-state index in [0.717, 1.165) is 18.2 Å². The minimum Gasteiger partial charge on any atom is -0.743 e. The van der Waals surface area contributed by atoms with Crippen molar-refractivity contribution in [3.63, 3.8) is 0 Å². The first-order valence-corrected chi connectivity index (χ1v) is 8.07. The number of rotatable bonds is 6. The average molecular weight is 417 g/mol. The third-order valence-electron chi connectivity index (χ3n) is 2.82. The van der Waals surface area contributed by atoms with E-state index in [1.807, 2.05) is 0 Å². The highest BCUT2D eigenvalue weighted by atomic mass is 32.2. The summed E-state index contributed by atoms with van der Waals surface area (Å²) in [6.07, 6.45) is -10.7. The minimum absolute atomic E-state index is 0.157. The molecule has 0 aliphatic heterocycles. The van der Waals surface area contributed by atoms with Gasteiger partial charge in [0.1, 0.15) is 11.3 Å². The van der Waals surface area contributed by atoms with Gasteiger partial charge in [0.2, 0.25) is 0 Å². The van der Waals surface area contributed by atoms with Gasteiger partial charge in [-0.05, 0) is 19.1 Å². The second kappa shape index (κ2) is 7.60. The van der Waals surface area contributed by atoms with Crippen LogP contribution in [0.25, 0.3) is 0 Å². The first-order chi connectivity index (χ1) is 12.1. The molecule has 0 aliphatic carbocycles. The van der Waals surface area contributed by atoms with E-state index in [1.54, 1.807) is 0 Å². The van der Waals surface area contributed by atoms with Gasteiger partial charge in [0, 0.05) is 5.57 Å². The van der Waals surface area contributed by atoms with Crippen molar-refractivity contribution in [1.82, 2.24) is 0 Å². The summed E-state index contributed by atoms with van der Waals surface area (Å²) in [6, 6.07) is 3.96. The molecule has 0 fully saturated rings. The molecule has 0 heterocycles. The molecule has 7 nitrogen and oxygen atoms in total. The van der Waals surface area contributed by atoms with Crippen molar-refractivity contribution in [2.45, 2.75) is 24.5 Å². The first-order valence-electron chi connectivity index (χ1n) is 6.66. The van der Waals surface area contributed by atoms with Crippen molar-refractivity contribution in [2.75, 3.05) is 0 Å². The molecule has 0 bridgehead atoms. The molecular weight excluding hydrogens is 407 g/mol. The molecule has 0 aliphatic rings. The number of carbonyl (C=O) groups excluding carboxylic acids is 2. The van der Waals surface area contributed by atoms with Crippen molar-refractivity contribution in [2.24, 2.45) is 0 Å². The molecule has 0 spiro atoms. The lowest BCUT2D eigenvalue weighted by Gasteiger charge is -2.29. The van der Waals surface area contributed by atoms with Gasteiger partial charge >= 0.3 is 23.4 Å². The lowest BCUT2D eigenvalue weighted by Crippen LogP contribution is -2.52. The zero-order valence-corrected chi connectivity index (χ0v) is 14.1. The number of carbonyl (C=O) groups is 2. The highest BCUT2D eigenvalue weighted by molar-refractivity contribution is 7.86. The highest BCUT2D eigenvalue weighted by Crippen LogP contribution is 2.38. The van der Waals surface area contributed by atoms with Gasteiger partial charge < -0.3 is 14.0 Å². The maximum atomic E-state index is 13.4. The van der Waals surface area contributed by atoms with E-state index in [0.29, 0.717) is 0 Å². The molecule has 27 heavy (non-hydrogen) atoms. The summed E-state index contributed by atoms with van der Waals surface area (Å²) in [5.74, 6) is -3.86. The highest BCUT2D eigenvalue weighted by Gasteiger charge is 2.63. The van der Waals surface area contributed by atoms with Gasteiger partial charge in [-0.1, -0.05) is 18.7 Å². The Kier molecular flexibility index (Phi) is 6.33. The standard InChI is InChI=1S/C14H11F5O7S/c1-7(2)10(20)25-9-6-4-3-5-8(9)11(21)26-12(13(15,16)17)14(18,19)27(22,23)24/h3-6,12H,1H2,2H3,(H,22,23,24)/p-1. The van der Waals surface area contributed by atoms with Gasteiger partial charge in [-0.3, -0.25) is 0 Å². The number of benzene rings is 1. The Hall–Kier alpha value is -2.54. The number of alkyl halides is 5. The second-order valence-electron chi connectivity index (χ2n) is 5.01. The summed E-state index contributed by atoms with van der Waals surface area (Å²) >= 11 is 0. The molecule has 13 heteroatoms. The molecule has 0 saturated carbocycles. The van der Waals surface area contributed by atoms with Crippen LogP contribution in [0.5, 0.6) is 5.75 Å². The van der Waals surface area contributed by atoms with Crippen LogP contribution in [0.1, 0.15) is 17.3 Å². The van der Waals surface area contributed by atoms with Crippen LogP contribution >= 0.6 is 0 Å². The van der Waals surface area contributed by atoms with Gasteiger partial charge in [0.25, 0.3) is 6.10 Å². The Balaban J connectivity index is 3.29. The van der Waals surface area contributed by atoms with Crippen molar-refractivity contribution < 1.29 is 54.0 Å². The number of halogens is 5. The average Bonchev–Trinajstić information content (AvgIpc) is 2.50. The molecule has 0 N–H and O–H groups in total. The molecule has 1 rings (SSSR count). The van der Waals surface area contributed by atoms with E-state index in [9.17, 15) is 44.5 Å². The number of para-hydroxylation sites is 1. The van der Waals surface area contributed by atoms with Crippen LogP contribution < -0.4 is 4.74 Å². The van der Waals surface area contributed by atoms with Crippen LogP contribution in [-0.2, 0) is 19.6 Å². The minimum atomic E-state index is -6.83. The van der Waals surface area contributed by atoms with Gasteiger partial charge in [0.15, 0.2) is 10.1 Å². The third kappa shape index (κ3) is 5.23. The third-order valence-corrected chi connectivity index (χ3v) is 3.70. The largest absolute Gasteiger partial charge is 0.743 e. The topological polar surface area (TPSA) is 110 Å². The van der Waals surface area contributed by atoms with E-state index in [4.69, 9.17) is 0 Å². The maximum Gasteiger partial charge on any atom is 0.432 e. The summed E-state index contributed by atoms with van der Waals surface area (Å²) in [7, 11) is -6.83. The van der Waals surface area contributed by atoms with E-state index in [2.05, 4.69) is 16.1 Å². The molecule has 0 amide bonds.